The van der Waals surface area contributed by atoms with Crippen LogP contribution < -0.4 is 5.32 Å². The van der Waals surface area contributed by atoms with Gasteiger partial charge in [-0.1, -0.05) is 35.9 Å². The zero-order chi connectivity index (χ0) is 18.5. The first-order valence-corrected chi connectivity index (χ1v) is 9.01. The van der Waals surface area contributed by atoms with Gasteiger partial charge in [-0.25, -0.2) is 0 Å². The first kappa shape index (κ1) is 18.3. The van der Waals surface area contributed by atoms with Crippen LogP contribution in [0.4, 0.5) is 0 Å². The zero-order valence-corrected chi connectivity index (χ0v) is 16.2. The number of para-hydroxylation sites is 1. The highest BCUT2D eigenvalue weighted by molar-refractivity contribution is 6.30. The highest BCUT2D eigenvalue weighted by Crippen LogP contribution is 2.16. The maximum atomic E-state index is 6.07. The smallest absolute Gasteiger partial charge is 0.193 e. The summed E-state index contributed by atoms with van der Waals surface area (Å²) in [4.78, 5) is 11.0. The van der Waals surface area contributed by atoms with Crippen molar-refractivity contribution in [1.29, 1.82) is 0 Å². The lowest BCUT2D eigenvalue weighted by atomic mass is 10.1. The standard InChI is InChI=1S/C20H24ClN5/c1-22-20(26(3)14-18-12-17(21)13-25(18)2)24-11-9-16-7-4-6-15-8-5-10-23-19(15)16/h4-8,10,12-13H,9,11,14H2,1-3H3,(H,22,24). The van der Waals surface area contributed by atoms with Crippen molar-refractivity contribution in [2.24, 2.45) is 12.0 Å². The number of aryl methyl sites for hydroxylation is 1. The number of aliphatic imine (C=N–C) groups is 1. The molecule has 1 N–H and O–H groups in total. The number of benzene rings is 1. The molecule has 136 valence electrons. The van der Waals surface area contributed by atoms with E-state index in [0.717, 1.165) is 41.7 Å². The third-order valence-electron chi connectivity index (χ3n) is 4.44. The zero-order valence-electron chi connectivity index (χ0n) is 15.4. The quantitative estimate of drug-likeness (QED) is 0.553. The van der Waals surface area contributed by atoms with Gasteiger partial charge in [0.15, 0.2) is 5.96 Å². The number of pyridine rings is 1. The van der Waals surface area contributed by atoms with Gasteiger partial charge >= 0.3 is 0 Å². The fourth-order valence-electron chi connectivity index (χ4n) is 3.10. The van der Waals surface area contributed by atoms with Crippen molar-refractivity contribution >= 4 is 28.5 Å². The lowest BCUT2D eigenvalue weighted by Crippen LogP contribution is -2.39. The molecule has 0 atom stereocenters. The summed E-state index contributed by atoms with van der Waals surface area (Å²) in [7, 11) is 5.82. The Balaban J connectivity index is 1.61. The van der Waals surface area contributed by atoms with Crippen LogP contribution >= 0.6 is 11.6 Å². The maximum Gasteiger partial charge on any atom is 0.193 e. The Morgan fingerprint density at radius 2 is 2.12 bits per heavy atom. The van der Waals surface area contributed by atoms with Crippen molar-refractivity contribution in [3.8, 4) is 0 Å². The molecule has 3 rings (SSSR count). The van der Waals surface area contributed by atoms with E-state index in [4.69, 9.17) is 11.6 Å². The molecule has 2 aromatic heterocycles. The van der Waals surface area contributed by atoms with E-state index in [9.17, 15) is 0 Å². The van der Waals surface area contributed by atoms with Gasteiger partial charge in [0.2, 0.25) is 0 Å². The summed E-state index contributed by atoms with van der Waals surface area (Å²) in [6.07, 6.45) is 4.64. The lowest BCUT2D eigenvalue weighted by Gasteiger charge is -2.22. The van der Waals surface area contributed by atoms with Gasteiger partial charge in [0, 0.05) is 51.2 Å². The van der Waals surface area contributed by atoms with Gasteiger partial charge < -0.3 is 14.8 Å². The predicted molar refractivity (Wildman–Crippen MR) is 109 cm³/mol. The first-order chi connectivity index (χ1) is 12.6. The van der Waals surface area contributed by atoms with Crippen molar-refractivity contribution in [2.45, 2.75) is 13.0 Å². The molecular weight excluding hydrogens is 346 g/mol. The molecule has 2 heterocycles. The number of nitrogens with zero attached hydrogens (tertiary/aromatic N) is 4. The number of hydrogen-bond donors (Lipinski definition) is 1. The molecule has 6 heteroatoms. The summed E-state index contributed by atoms with van der Waals surface area (Å²) >= 11 is 6.07. The van der Waals surface area contributed by atoms with Crippen molar-refractivity contribution in [3.63, 3.8) is 0 Å². The number of fused-ring (bicyclic) bond motifs is 1. The van der Waals surface area contributed by atoms with Gasteiger partial charge in [0.05, 0.1) is 17.1 Å². The minimum atomic E-state index is 0.735. The number of rotatable bonds is 5. The Morgan fingerprint density at radius 3 is 2.85 bits per heavy atom. The predicted octanol–water partition coefficient (Wildman–Crippen LogP) is 3.48. The molecule has 3 aromatic rings. The van der Waals surface area contributed by atoms with Crippen LogP contribution in [0.3, 0.4) is 0 Å². The molecule has 1 aromatic carbocycles. The summed E-state index contributed by atoms with van der Waals surface area (Å²) in [5, 5.41) is 5.36. The highest BCUT2D eigenvalue weighted by atomic mass is 35.5. The van der Waals surface area contributed by atoms with Gasteiger partial charge in [0.1, 0.15) is 0 Å². The lowest BCUT2D eigenvalue weighted by molar-refractivity contribution is 0.462. The first-order valence-electron chi connectivity index (χ1n) is 8.63. The molecule has 5 nitrogen and oxygen atoms in total. The summed E-state index contributed by atoms with van der Waals surface area (Å²) in [5.74, 6) is 0.857. The van der Waals surface area contributed by atoms with Crippen molar-refractivity contribution < 1.29 is 0 Å². The van der Waals surface area contributed by atoms with Crippen LogP contribution in [0.2, 0.25) is 5.02 Å². The van der Waals surface area contributed by atoms with E-state index < -0.39 is 0 Å². The maximum absolute atomic E-state index is 6.07. The van der Waals surface area contributed by atoms with Crippen LogP contribution in [0.15, 0.2) is 53.8 Å². The molecule has 0 radical (unpaired) electrons. The second-order valence-electron chi connectivity index (χ2n) is 6.33. The van der Waals surface area contributed by atoms with Gasteiger partial charge in [0.25, 0.3) is 0 Å². The second kappa shape index (κ2) is 8.23. The van der Waals surface area contributed by atoms with E-state index in [-0.39, 0.29) is 0 Å². The van der Waals surface area contributed by atoms with E-state index in [2.05, 4.69) is 44.5 Å². The number of guanidine groups is 1. The molecule has 0 fully saturated rings. The molecule has 0 saturated heterocycles. The summed E-state index contributed by atoms with van der Waals surface area (Å²) in [6.45, 7) is 1.53. The number of hydrogen-bond acceptors (Lipinski definition) is 2. The number of nitrogens with one attached hydrogen (secondary N) is 1. The van der Waals surface area contributed by atoms with E-state index in [0.29, 0.717) is 0 Å². The Bertz CT molecular complexity index is 910. The van der Waals surface area contributed by atoms with Gasteiger partial charge in [-0.05, 0) is 24.1 Å². The Labute approximate surface area is 159 Å². The van der Waals surface area contributed by atoms with Gasteiger partial charge in [-0.3, -0.25) is 9.98 Å². The van der Waals surface area contributed by atoms with Crippen LogP contribution in [-0.4, -0.2) is 41.1 Å². The Kier molecular flexibility index (Phi) is 5.78. The largest absolute Gasteiger partial charge is 0.356 e. The minimum absolute atomic E-state index is 0.735. The topological polar surface area (TPSA) is 45.5 Å². The average molecular weight is 370 g/mol. The van der Waals surface area contributed by atoms with Crippen LogP contribution in [0.5, 0.6) is 0 Å². The monoisotopic (exact) mass is 369 g/mol. The van der Waals surface area contributed by atoms with E-state index in [1.54, 1.807) is 7.05 Å². The molecule has 0 aliphatic heterocycles. The molecule has 0 unspecified atom stereocenters. The molecule has 0 saturated carbocycles. The highest BCUT2D eigenvalue weighted by Gasteiger charge is 2.10. The Morgan fingerprint density at radius 1 is 1.31 bits per heavy atom. The normalized spacial score (nSPS) is 11.8. The van der Waals surface area contributed by atoms with Gasteiger partial charge in [-0.15, -0.1) is 0 Å². The SMILES string of the molecule is CN=C(NCCc1cccc2cccnc12)N(C)Cc1cc(Cl)cn1C. The van der Waals surface area contributed by atoms with E-state index in [1.165, 1.54) is 10.9 Å². The van der Waals surface area contributed by atoms with Crippen molar-refractivity contribution in [1.82, 2.24) is 19.8 Å². The third kappa shape index (κ3) is 4.17. The molecule has 0 spiro atoms. The Hall–Kier alpha value is -2.53. The molecule has 26 heavy (non-hydrogen) atoms. The third-order valence-corrected chi connectivity index (χ3v) is 4.65. The molecular formula is C20H24ClN5. The number of halogens is 1. The van der Waals surface area contributed by atoms with Gasteiger partial charge in [-0.2, -0.15) is 0 Å². The second-order valence-corrected chi connectivity index (χ2v) is 6.77. The molecule has 0 aliphatic carbocycles. The molecule has 0 amide bonds. The van der Waals surface area contributed by atoms with E-state index in [1.807, 2.05) is 43.2 Å². The van der Waals surface area contributed by atoms with Crippen molar-refractivity contribution in [2.75, 3.05) is 20.6 Å². The van der Waals surface area contributed by atoms with Crippen LogP contribution in [0, 0.1) is 0 Å². The summed E-state index contributed by atoms with van der Waals surface area (Å²) < 4.78 is 2.04. The molecule has 0 aliphatic rings. The van der Waals surface area contributed by atoms with Crippen LogP contribution in [-0.2, 0) is 20.0 Å². The van der Waals surface area contributed by atoms with Crippen LogP contribution in [0.25, 0.3) is 10.9 Å². The summed E-state index contributed by atoms with van der Waals surface area (Å²) in [6, 6.07) is 12.4. The fraction of sp³-hybridized carbons (Fsp3) is 0.300. The molecule has 0 bridgehead atoms. The van der Waals surface area contributed by atoms with E-state index >= 15 is 0 Å². The fourth-order valence-corrected chi connectivity index (χ4v) is 3.38. The van der Waals surface area contributed by atoms with Crippen LogP contribution in [0.1, 0.15) is 11.3 Å². The minimum Gasteiger partial charge on any atom is -0.356 e. The number of aromatic nitrogens is 2. The average Bonchev–Trinajstić information content (AvgIpc) is 2.95. The summed E-state index contributed by atoms with van der Waals surface area (Å²) in [5.41, 5.74) is 3.44. The van der Waals surface area contributed by atoms with Crippen molar-refractivity contribution in [3.05, 3.63) is 65.1 Å².